The number of carbonyl (C=O) groups excluding carboxylic acids is 1. The van der Waals surface area contributed by atoms with Crippen molar-refractivity contribution in [1.29, 1.82) is 0 Å². The van der Waals surface area contributed by atoms with E-state index in [0.717, 1.165) is 11.1 Å². The van der Waals surface area contributed by atoms with Crippen LogP contribution in [0.15, 0.2) is 36.8 Å². The lowest BCUT2D eigenvalue weighted by Crippen LogP contribution is -2.48. The molecule has 2 aromatic rings. The van der Waals surface area contributed by atoms with Gasteiger partial charge in [0.15, 0.2) is 5.65 Å². The number of amides is 1. The molecule has 4 atom stereocenters. The van der Waals surface area contributed by atoms with E-state index in [1.807, 2.05) is 29.0 Å². The Labute approximate surface area is 194 Å². The first-order chi connectivity index (χ1) is 16.5. The Kier molecular flexibility index (Phi) is 4.96. The molecule has 2 fully saturated rings. The average Bonchev–Trinajstić information content (AvgIpc) is 3.58. The van der Waals surface area contributed by atoms with Gasteiger partial charge in [0.25, 0.3) is 5.91 Å². The number of nitrogens with zero attached hydrogens (tertiary/aromatic N) is 5. The van der Waals surface area contributed by atoms with E-state index in [-0.39, 0.29) is 11.6 Å². The molecule has 4 aliphatic rings. The fourth-order valence-corrected chi connectivity index (χ4v) is 4.63. The van der Waals surface area contributed by atoms with Crippen LogP contribution in [0.25, 0.3) is 28.3 Å². The van der Waals surface area contributed by atoms with Crippen molar-refractivity contribution >= 4 is 17.4 Å². The summed E-state index contributed by atoms with van der Waals surface area (Å²) in [5.41, 5.74) is 2.91. The zero-order valence-electron chi connectivity index (χ0n) is 18.5. The summed E-state index contributed by atoms with van der Waals surface area (Å²) in [4.78, 5) is 22.2. The molecule has 0 spiro atoms. The van der Waals surface area contributed by atoms with Gasteiger partial charge in [-0.1, -0.05) is 0 Å². The predicted molar refractivity (Wildman–Crippen MR) is 122 cm³/mol. The third kappa shape index (κ3) is 3.23. The maximum Gasteiger partial charge on any atom is 0.257 e. The van der Waals surface area contributed by atoms with Gasteiger partial charge in [0, 0.05) is 36.6 Å². The summed E-state index contributed by atoms with van der Waals surface area (Å²) in [6.45, 7) is 0.706. The van der Waals surface area contributed by atoms with Gasteiger partial charge in [0.05, 0.1) is 37.2 Å². The lowest BCUT2D eigenvalue weighted by Gasteiger charge is -2.30. The highest BCUT2D eigenvalue weighted by molar-refractivity contribution is 6.00. The molecule has 1 amide bonds. The molecule has 34 heavy (non-hydrogen) atoms. The molecule has 0 aromatic carbocycles. The number of hydrogen-bond donors (Lipinski definition) is 3. The highest BCUT2D eigenvalue weighted by Gasteiger charge is 2.33. The third-order valence-corrected chi connectivity index (χ3v) is 6.73. The Balaban J connectivity index is 1.41. The van der Waals surface area contributed by atoms with Gasteiger partial charge in [0.2, 0.25) is 0 Å². The average molecular weight is 465 g/mol. The van der Waals surface area contributed by atoms with E-state index in [1.54, 1.807) is 17.8 Å². The number of rotatable bonds is 5. The number of fused-ring (bicyclic) bond motifs is 2. The number of halogens is 1. The van der Waals surface area contributed by atoms with Gasteiger partial charge in [-0.05, 0) is 25.0 Å². The summed E-state index contributed by atoms with van der Waals surface area (Å²) < 4.78 is 22.6. The summed E-state index contributed by atoms with van der Waals surface area (Å²) in [6.07, 6.45) is 4.54. The Morgan fingerprint density at radius 1 is 1.26 bits per heavy atom. The molecule has 1 saturated carbocycles. The summed E-state index contributed by atoms with van der Waals surface area (Å²) in [5.74, 6) is 0.960. The van der Waals surface area contributed by atoms with Crippen molar-refractivity contribution in [1.82, 2.24) is 29.5 Å². The van der Waals surface area contributed by atoms with E-state index >= 15 is 0 Å². The molecule has 11 heteroatoms. The zero-order chi connectivity index (χ0) is 23.4. The number of aliphatic hydroxyl groups is 1. The van der Waals surface area contributed by atoms with Crippen LogP contribution in [-0.4, -0.2) is 73.7 Å². The first-order valence-corrected chi connectivity index (χ1v) is 11.3. The zero-order valence-corrected chi connectivity index (χ0v) is 18.5. The lowest BCUT2D eigenvalue weighted by molar-refractivity contribution is 0.0826. The molecule has 0 radical (unpaired) electrons. The molecule has 0 unspecified atom stereocenters. The molecule has 2 aromatic heterocycles. The van der Waals surface area contributed by atoms with Crippen LogP contribution >= 0.6 is 0 Å². The molecule has 3 N–H and O–H groups in total. The van der Waals surface area contributed by atoms with Gasteiger partial charge in [-0.2, -0.15) is 9.61 Å². The van der Waals surface area contributed by atoms with Crippen molar-refractivity contribution in [3.63, 3.8) is 0 Å². The van der Waals surface area contributed by atoms with Crippen molar-refractivity contribution in [3.05, 3.63) is 42.4 Å². The van der Waals surface area contributed by atoms with Crippen molar-refractivity contribution < 1.29 is 19.0 Å². The summed E-state index contributed by atoms with van der Waals surface area (Å²) in [6, 6.07) is 5.00. The van der Waals surface area contributed by atoms with E-state index < -0.39 is 24.2 Å². The number of hydrogen-bond acceptors (Lipinski definition) is 7. The fraction of sp³-hybridized carbons (Fsp3) is 0.391. The quantitative estimate of drug-likeness (QED) is 0.412. The van der Waals surface area contributed by atoms with Gasteiger partial charge in [-0.15, -0.1) is 0 Å². The highest BCUT2D eigenvalue weighted by atomic mass is 19.1. The first-order valence-electron chi connectivity index (χ1n) is 11.3. The van der Waals surface area contributed by atoms with E-state index in [0.29, 0.717) is 49.0 Å². The second kappa shape index (κ2) is 8.03. The number of aliphatic hydroxyl groups excluding tert-OH is 1. The van der Waals surface area contributed by atoms with Crippen molar-refractivity contribution in [2.75, 3.05) is 25.6 Å². The number of aromatic nitrogens is 5. The van der Waals surface area contributed by atoms with Crippen molar-refractivity contribution in [3.8, 4) is 22.6 Å². The second-order valence-corrected chi connectivity index (χ2v) is 8.74. The minimum absolute atomic E-state index is 0.217. The van der Waals surface area contributed by atoms with Crippen LogP contribution in [0.2, 0.25) is 0 Å². The fourth-order valence-electron chi connectivity index (χ4n) is 4.63. The molecule has 176 valence electrons. The van der Waals surface area contributed by atoms with Crippen LogP contribution in [-0.2, 0) is 4.74 Å². The summed E-state index contributed by atoms with van der Waals surface area (Å²) in [5, 5.41) is 20.5. The van der Waals surface area contributed by atoms with Gasteiger partial charge in [0.1, 0.15) is 29.5 Å². The van der Waals surface area contributed by atoms with Gasteiger partial charge >= 0.3 is 0 Å². The Morgan fingerprint density at radius 2 is 2.15 bits per heavy atom. The minimum Gasteiger partial charge on any atom is -0.388 e. The van der Waals surface area contributed by atoms with Crippen molar-refractivity contribution in [2.45, 2.75) is 37.2 Å². The summed E-state index contributed by atoms with van der Waals surface area (Å²) in [7, 11) is 1.76. The number of pyridine rings is 1. The number of ether oxygens (including phenoxy) is 1. The molecule has 1 saturated heterocycles. The molecule has 6 rings (SSSR count). The molecule has 10 nitrogen and oxygen atoms in total. The van der Waals surface area contributed by atoms with Gasteiger partial charge in [-0.25, -0.2) is 14.4 Å². The molecule has 3 aliphatic heterocycles. The first kappa shape index (κ1) is 21.0. The van der Waals surface area contributed by atoms with Crippen LogP contribution in [0.3, 0.4) is 0 Å². The molecular weight excluding hydrogens is 441 g/mol. The van der Waals surface area contributed by atoms with Crippen LogP contribution < -0.4 is 10.6 Å². The Morgan fingerprint density at radius 3 is 2.85 bits per heavy atom. The maximum atomic E-state index is 13.7. The largest absolute Gasteiger partial charge is 0.388 e. The van der Waals surface area contributed by atoms with Crippen LogP contribution in [0.1, 0.15) is 29.2 Å². The highest BCUT2D eigenvalue weighted by Crippen LogP contribution is 2.36. The Hall–Kier alpha value is -3.57. The van der Waals surface area contributed by atoms with Crippen LogP contribution in [0, 0.1) is 0 Å². The number of alkyl halides is 1. The molecule has 5 heterocycles. The van der Waals surface area contributed by atoms with E-state index in [1.165, 1.54) is 6.20 Å². The second-order valence-electron chi connectivity index (χ2n) is 8.74. The number of nitrogens with one attached hydrogen (secondary N) is 2. The van der Waals surface area contributed by atoms with Crippen LogP contribution in [0.5, 0.6) is 0 Å². The van der Waals surface area contributed by atoms with Crippen LogP contribution in [0.4, 0.5) is 10.2 Å². The lowest BCUT2D eigenvalue weighted by atomic mass is 9.90. The smallest absolute Gasteiger partial charge is 0.257 e. The Bertz CT molecular complexity index is 1350. The minimum atomic E-state index is -1.01. The van der Waals surface area contributed by atoms with Gasteiger partial charge < -0.3 is 25.0 Å². The predicted octanol–water partition coefficient (Wildman–Crippen LogP) is 1.90. The molecular formula is C23H24FN7O3. The normalized spacial score (nSPS) is 24.4. The SMILES string of the molecule is CNc1cc(-c2cnc3n([C@@H]4COC[C@H]4O)cccc2-3)nc2c(C(=O)N[C@@H]3CC[C@H]3F)cnn12. The third-order valence-electron chi connectivity index (χ3n) is 6.73. The number of carbonyl (C=O) groups is 1. The van der Waals surface area contributed by atoms with E-state index in [4.69, 9.17) is 9.72 Å². The standard InChI is InChI=1S/C23H24FN7O3/c1-25-20-7-17(28-22-14(9-27-31(20)22)23(33)29-16-5-4-15(16)24)13-8-26-21-12(13)3-2-6-30(21)18-10-34-11-19(18)32/h2-3,6-9,15-16,18-19,25,32H,4-5,10-11H2,1H3,(H,29,33)/t15-,16-,18-,19-/m1/s1. The van der Waals surface area contributed by atoms with E-state index in [9.17, 15) is 14.3 Å². The monoisotopic (exact) mass is 465 g/mol. The van der Waals surface area contributed by atoms with Crippen molar-refractivity contribution in [2.24, 2.45) is 0 Å². The van der Waals surface area contributed by atoms with E-state index in [2.05, 4.69) is 20.7 Å². The molecule has 1 aliphatic carbocycles. The topological polar surface area (TPSA) is 119 Å². The molecule has 0 bridgehead atoms. The van der Waals surface area contributed by atoms with Gasteiger partial charge in [-0.3, -0.25) is 4.79 Å². The maximum absolute atomic E-state index is 13.7. The summed E-state index contributed by atoms with van der Waals surface area (Å²) >= 11 is 0. The number of anilines is 1.